The van der Waals surface area contributed by atoms with Crippen LogP contribution in [0.15, 0.2) is 48.5 Å². The average molecular weight is 354 g/mol. The van der Waals surface area contributed by atoms with Gasteiger partial charge in [-0.05, 0) is 49.2 Å². The summed E-state index contributed by atoms with van der Waals surface area (Å²) in [6.07, 6.45) is 0.0847. The zero-order chi connectivity index (χ0) is 18.4. The molecule has 1 aliphatic rings. The molecule has 0 bridgehead atoms. The normalized spacial score (nSPS) is 15.4. The first kappa shape index (κ1) is 18.3. The number of amides is 1. The zero-order valence-electron chi connectivity index (χ0n) is 15.4. The van der Waals surface area contributed by atoms with Gasteiger partial charge in [0.1, 0.15) is 5.75 Å². The highest BCUT2D eigenvalue weighted by Gasteiger charge is 2.19. The predicted molar refractivity (Wildman–Crippen MR) is 104 cm³/mol. The SMILES string of the molecule is CC[C@H](Oc1ccccc1C)C(=O)Nc1ccc(N2CCOCC2)cc1. The smallest absolute Gasteiger partial charge is 0.265 e. The molecule has 0 spiro atoms. The standard InChI is InChI=1S/C21H26N2O3/c1-3-19(26-20-7-5-4-6-16(20)2)21(24)22-17-8-10-18(11-9-17)23-12-14-25-15-13-23/h4-11,19H,3,12-15H2,1-2H3,(H,22,24)/t19-/m0/s1. The number of anilines is 2. The Kier molecular flexibility index (Phi) is 6.12. The lowest BCUT2D eigenvalue weighted by molar-refractivity contribution is -0.122. The summed E-state index contributed by atoms with van der Waals surface area (Å²) in [6, 6.07) is 15.7. The highest BCUT2D eigenvalue weighted by atomic mass is 16.5. The Morgan fingerprint density at radius 2 is 1.85 bits per heavy atom. The molecule has 0 aliphatic carbocycles. The molecule has 1 N–H and O–H groups in total. The molecule has 5 heteroatoms. The fraction of sp³-hybridized carbons (Fsp3) is 0.381. The molecule has 138 valence electrons. The van der Waals surface area contributed by atoms with Crippen molar-refractivity contribution in [1.29, 1.82) is 0 Å². The molecule has 5 nitrogen and oxygen atoms in total. The van der Waals surface area contributed by atoms with Crippen LogP contribution in [0.4, 0.5) is 11.4 Å². The Labute approximate surface area is 154 Å². The number of aryl methyl sites for hydroxylation is 1. The minimum Gasteiger partial charge on any atom is -0.480 e. The van der Waals surface area contributed by atoms with Crippen LogP contribution >= 0.6 is 0 Å². The van der Waals surface area contributed by atoms with Crippen molar-refractivity contribution in [1.82, 2.24) is 0 Å². The number of carbonyl (C=O) groups is 1. The van der Waals surface area contributed by atoms with Crippen LogP contribution in [0.1, 0.15) is 18.9 Å². The Morgan fingerprint density at radius 1 is 1.15 bits per heavy atom. The molecule has 0 radical (unpaired) electrons. The number of carbonyl (C=O) groups excluding carboxylic acids is 1. The molecule has 0 aromatic heterocycles. The lowest BCUT2D eigenvalue weighted by Crippen LogP contribution is -2.36. The van der Waals surface area contributed by atoms with Crippen LogP contribution < -0.4 is 15.0 Å². The summed E-state index contributed by atoms with van der Waals surface area (Å²) in [5.74, 6) is 0.618. The fourth-order valence-electron chi connectivity index (χ4n) is 2.96. The van der Waals surface area contributed by atoms with Crippen molar-refractivity contribution in [3.63, 3.8) is 0 Å². The largest absolute Gasteiger partial charge is 0.480 e. The summed E-state index contributed by atoms with van der Waals surface area (Å²) in [6.45, 7) is 7.23. The summed E-state index contributed by atoms with van der Waals surface area (Å²) in [4.78, 5) is 14.9. The number of ether oxygens (including phenoxy) is 2. The van der Waals surface area contributed by atoms with Gasteiger partial charge in [-0.2, -0.15) is 0 Å². The van der Waals surface area contributed by atoms with E-state index in [1.54, 1.807) is 0 Å². The molecule has 3 rings (SSSR count). The first-order valence-electron chi connectivity index (χ1n) is 9.13. The monoisotopic (exact) mass is 354 g/mol. The number of para-hydroxylation sites is 1. The van der Waals surface area contributed by atoms with Crippen LogP contribution in [0.3, 0.4) is 0 Å². The van der Waals surface area contributed by atoms with Crippen molar-refractivity contribution >= 4 is 17.3 Å². The van der Waals surface area contributed by atoms with E-state index >= 15 is 0 Å². The second-order valence-corrected chi connectivity index (χ2v) is 6.42. The third-order valence-electron chi connectivity index (χ3n) is 4.54. The highest BCUT2D eigenvalue weighted by Crippen LogP contribution is 2.21. The van der Waals surface area contributed by atoms with Crippen LogP contribution in [0, 0.1) is 6.92 Å². The molecule has 1 fully saturated rings. The van der Waals surface area contributed by atoms with Crippen LogP contribution in [0.25, 0.3) is 0 Å². The van der Waals surface area contributed by atoms with Crippen LogP contribution in [-0.2, 0) is 9.53 Å². The van der Waals surface area contributed by atoms with Crippen molar-refractivity contribution in [2.45, 2.75) is 26.4 Å². The zero-order valence-corrected chi connectivity index (χ0v) is 15.4. The van der Waals surface area contributed by atoms with Gasteiger partial charge >= 0.3 is 0 Å². The van der Waals surface area contributed by atoms with Crippen LogP contribution in [-0.4, -0.2) is 38.3 Å². The minimum atomic E-state index is -0.519. The maximum Gasteiger partial charge on any atom is 0.265 e. The Hall–Kier alpha value is -2.53. The summed E-state index contributed by atoms with van der Waals surface area (Å²) in [5, 5.41) is 2.96. The second kappa shape index (κ2) is 8.72. The Morgan fingerprint density at radius 3 is 2.50 bits per heavy atom. The van der Waals surface area contributed by atoms with Crippen molar-refractivity contribution in [3.8, 4) is 5.75 Å². The molecule has 1 heterocycles. The van der Waals surface area contributed by atoms with Crippen molar-refractivity contribution in [2.75, 3.05) is 36.5 Å². The molecule has 1 saturated heterocycles. The van der Waals surface area contributed by atoms with E-state index in [0.717, 1.165) is 49.0 Å². The van der Waals surface area contributed by atoms with Gasteiger partial charge in [0.15, 0.2) is 6.10 Å². The van der Waals surface area contributed by atoms with E-state index in [9.17, 15) is 4.79 Å². The van der Waals surface area contributed by atoms with E-state index in [1.165, 1.54) is 0 Å². The molecule has 1 amide bonds. The number of hydrogen-bond acceptors (Lipinski definition) is 4. The molecular formula is C21H26N2O3. The van der Waals surface area contributed by atoms with Crippen molar-refractivity contribution in [2.24, 2.45) is 0 Å². The summed E-state index contributed by atoms with van der Waals surface area (Å²) >= 11 is 0. The fourth-order valence-corrected chi connectivity index (χ4v) is 2.96. The van der Waals surface area contributed by atoms with Gasteiger partial charge in [-0.15, -0.1) is 0 Å². The molecular weight excluding hydrogens is 328 g/mol. The van der Waals surface area contributed by atoms with Gasteiger partial charge in [0, 0.05) is 24.5 Å². The number of hydrogen-bond donors (Lipinski definition) is 1. The van der Waals surface area contributed by atoms with E-state index in [4.69, 9.17) is 9.47 Å². The minimum absolute atomic E-state index is 0.130. The number of nitrogens with zero attached hydrogens (tertiary/aromatic N) is 1. The van der Waals surface area contributed by atoms with Crippen LogP contribution in [0.2, 0.25) is 0 Å². The van der Waals surface area contributed by atoms with Gasteiger partial charge in [0.05, 0.1) is 13.2 Å². The Bertz CT molecular complexity index is 724. The molecule has 1 aliphatic heterocycles. The van der Waals surface area contributed by atoms with E-state index in [1.807, 2.05) is 62.4 Å². The van der Waals surface area contributed by atoms with E-state index < -0.39 is 6.10 Å². The van der Waals surface area contributed by atoms with Gasteiger partial charge in [0.25, 0.3) is 5.91 Å². The lowest BCUT2D eigenvalue weighted by Gasteiger charge is -2.29. The van der Waals surface area contributed by atoms with Crippen molar-refractivity contribution < 1.29 is 14.3 Å². The van der Waals surface area contributed by atoms with Gasteiger partial charge in [0.2, 0.25) is 0 Å². The first-order chi connectivity index (χ1) is 12.7. The average Bonchev–Trinajstić information content (AvgIpc) is 2.68. The molecule has 0 unspecified atom stereocenters. The summed E-state index contributed by atoms with van der Waals surface area (Å²) in [7, 11) is 0. The predicted octanol–water partition coefficient (Wildman–Crippen LogP) is 3.63. The molecule has 2 aromatic rings. The van der Waals surface area contributed by atoms with Gasteiger partial charge in [-0.25, -0.2) is 0 Å². The lowest BCUT2D eigenvalue weighted by atomic mass is 10.2. The quantitative estimate of drug-likeness (QED) is 0.861. The maximum atomic E-state index is 12.6. The highest BCUT2D eigenvalue weighted by molar-refractivity contribution is 5.94. The van der Waals surface area contributed by atoms with Gasteiger partial charge in [-0.1, -0.05) is 25.1 Å². The van der Waals surface area contributed by atoms with Gasteiger partial charge < -0.3 is 19.7 Å². The first-order valence-corrected chi connectivity index (χ1v) is 9.13. The molecule has 0 saturated carbocycles. The Balaban J connectivity index is 1.61. The number of morpholine rings is 1. The van der Waals surface area contributed by atoms with E-state index in [2.05, 4.69) is 10.2 Å². The third-order valence-corrected chi connectivity index (χ3v) is 4.54. The van der Waals surface area contributed by atoms with Gasteiger partial charge in [-0.3, -0.25) is 4.79 Å². The summed E-state index contributed by atoms with van der Waals surface area (Å²) in [5.41, 5.74) is 2.95. The summed E-state index contributed by atoms with van der Waals surface area (Å²) < 4.78 is 11.3. The number of benzene rings is 2. The third kappa shape index (κ3) is 4.55. The molecule has 26 heavy (non-hydrogen) atoms. The second-order valence-electron chi connectivity index (χ2n) is 6.42. The molecule has 1 atom stereocenters. The van der Waals surface area contributed by atoms with E-state index in [0.29, 0.717) is 6.42 Å². The van der Waals surface area contributed by atoms with E-state index in [-0.39, 0.29) is 5.91 Å². The topological polar surface area (TPSA) is 50.8 Å². The van der Waals surface area contributed by atoms with Crippen molar-refractivity contribution in [3.05, 3.63) is 54.1 Å². The maximum absolute atomic E-state index is 12.6. The number of nitrogens with one attached hydrogen (secondary N) is 1. The van der Waals surface area contributed by atoms with Crippen LogP contribution in [0.5, 0.6) is 5.75 Å². The molecule has 2 aromatic carbocycles. The number of rotatable bonds is 6.